The summed E-state index contributed by atoms with van der Waals surface area (Å²) in [5.41, 5.74) is 3.00. The van der Waals surface area contributed by atoms with Crippen LogP contribution in [0.3, 0.4) is 0 Å². The summed E-state index contributed by atoms with van der Waals surface area (Å²) in [6.45, 7) is 3.25. The standard InChI is InChI=1S/C21H24N4O4S/c1-14-19-17(11-18(23-20(19)29-24-14)16-8-4-3-5-9-16)21(26)25-10-6-7-15(13-25)12-22-30(2,27)28/h3-5,8-9,11,15,22H,6-7,10,12-13H2,1-2H3. The first kappa shape index (κ1) is 20.5. The summed E-state index contributed by atoms with van der Waals surface area (Å²) in [6.07, 6.45) is 2.84. The second kappa shape index (κ2) is 8.16. The molecule has 3 heterocycles. The highest BCUT2D eigenvalue weighted by Crippen LogP contribution is 2.29. The van der Waals surface area contributed by atoms with Gasteiger partial charge in [-0.25, -0.2) is 18.1 Å². The number of pyridine rings is 1. The third-order valence-corrected chi connectivity index (χ3v) is 6.05. The summed E-state index contributed by atoms with van der Waals surface area (Å²) < 4.78 is 30.8. The molecule has 1 aliphatic rings. The zero-order valence-corrected chi connectivity index (χ0v) is 17.8. The molecule has 1 fully saturated rings. The van der Waals surface area contributed by atoms with E-state index >= 15 is 0 Å². The number of amides is 1. The van der Waals surface area contributed by atoms with E-state index < -0.39 is 10.0 Å². The summed E-state index contributed by atoms with van der Waals surface area (Å²) in [6, 6.07) is 11.4. The number of carbonyl (C=O) groups is 1. The molecule has 8 nitrogen and oxygen atoms in total. The zero-order chi connectivity index (χ0) is 21.3. The van der Waals surface area contributed by atoms with Crippen LogP contribution in [0.15, 0.2) is 40.9 Å². The molecule has 9 heteroatoms. The Balaban J connectivity index is 1.66. The van der Waals surface area contributed by atoms with Crippen LogP contribution in [0.5, 0.6) is 0 Å². The van der Waals surface area contributed by atoms with Gasteiger partial charge >= 0.3 is 0 Å². The van der Waals surface area contributed by atoms with E-state index in [1.54, 1.807) is 17.9 Å². The lowest BCUT2D eigenvalue weighted by atomic mass is 9.97. The van der Waals surface area contributed by atoms with Crippen LogP contribution in [-0.4, -0.2) is 55.3 Å². The lowest BCUT2D eigenvalue weighted by molar-refractivity contribution is 0.0678. The van der Waals surface area contributed by atoms with Crippen LogP contribution in [-0.2, 0) is 10.0 Å². The molecule has 1 aliphatic heterocycles. The Morgan fingerprint density at radius 3 is 2.80 bits per heavy atom. The fraction of sp³-hybridized carbons (Fsp3) is 0.381. The average Bonchev–Trinajstić information content (AvgIpc) is 3.12. The molecule has 4 rings (SSSR count). The number of carbonyl (C=O) groups excluding carboxylic acids is 1. The molecule has 1 unspecified atom stereocenters. The number of benzene rings is 1. The lowest BCUT2D eigenvalue weighted by Crippen LogP contribution is -2.43. The number of hydrogen-bond acceptors (Lipinski definition) is 6. The van der Waals surface area contributed by atoms with Gasteiger partial charge in [0.1, 0.15) is 0 Å². The van der Waals surface area contributed by atoms with Gasteiger partial charge in [-0.2, -0.15) is 0 Å². The van der Waals surface area contributed by atoms with E-state index in [-0.39, 0.29) is 11.8 Å². The molecule has 158 valence electrons. The van der Waals surface area contributed by atoms with Crippen molar-refractivity contribution >= 4 is 27.0 Å². The van der Waals surface area contributed by atoms with Gasteiger partial charge in [0, 0.05) is 25.2 Å². The summed E-state index contributed by atoms with van der Waals surface area (Å²) in [4.78, 5) is 19.8. The van der Waals surface area contributed by atoms with Crippen molar-refractivity contribution in [2.24, 2.45) is 5.92 Å². The van der Waals surface area contributed by atoms with Crippen LogP contribution in [0.2, 0.25) is 0 Å². The third kappa shape index (κ3) is 4.36. The predicted octanol–water partition coefficient (Wildman–Crippen LogP) is 2.60. The number of likely N-dealkylation sites (tertiary alicyclic amines) is 1. The van der Waals surface area contributed by atoms with Crippen molar-refractivity contribution in [2.75, 3.05) is 25.9 Å². The quantitative estimate of drug-likeness (QED) is 0.670. The second-order valence-electron chi connectivity index (χ2n) is 7.75. The Labute approximate surface area is 175 Å². The fourth-order valence-corrected chi connectivity index (χ4v) is 4.41. The van der Waals surface area contributed by atoms with Crippen molar-refractivity contribution in [3.05, 3.63) is 47.7 Å². The molecule has 0 aliphatic carbocycles. The van der Waals surface area contributed by atoms with E-state index in [9.17, 15) is 13.2 Å². The molecule has 1 aromatic carbocycles. The van der Waals surface area contributed by atoms with Gasteiger partial charge in [0.15, 0.2) is 0 Å². The summed E-state index contributed by atoms with van der Waals surface area (Å²) in [5, 5.41) is 4.63. The molecule has 0 spiro atoms. The van der Waals surface area contributed by atoms with Crippen molar-refractivity contribution < 1.29 is 17.7 Å². The summed E-state index contributed by atoms with van der Waals surface area (Å²) in [7, 11) is -3.26. The molecule has 1 amide bonds. The van der Waals surface area contributed by atoms with E-state index in [2.05, 4.69) is 14.9 Å². The fourth-order valence-electron chi connectivity index (χ4n) is 3.88. The Morgan fingerprint density at radius 2 is 2.07 bits per heavy atom. The Hall–Kier alpha value is -2.78. The predicted molar refractivity (Wildman–Crippen MR) is 113 cm³/mol. The average molecular weight is 429 g/mol. The minimum absolute atomic E-state index is 0.0759. The van der Waals surface area contributed by atoms with Gasteiger partial charge < -0.3 is 9.42 Å². The first-order chi connectivity index (χ1) is 14.3. The monoisotopic (exact) mass is 428 g/mol. The molecule has 3 aromatic rings. The highest BCUT2D eigenvalue weighted by molar-refractivity contribution is 7.88. The third-order valence-electron chi connectivity index (χ3n) is 5.36. The maximum atomic E-state index is 13.5. The first-order valence-corrected chi connectivity index (χ1v) is 11.8. The van der Waals surface area contributed by atoms with Crippen LogP contribution in [0.1, 0.15) is 28.9 Å². The smallest absolute Gasteiger partial charge is 0.259 e. The normalized spacial score (nSPS) is 17.4. The van der Waals surface area contributed by atoms with Crippen LogP contribution < -0.4 is 4.72 Å². The van der Waals surface area contributed by atoms with Gasteiger partial charge in [0.25, 0.3) is 11.6 Å². The van der Waals surface area contributed by atoms with Gasteiger partial charge in [-0.15, -0.1) is 0 Å². The molecule has 1 saturated heterocycles. The number of hydrogen-bond donors (Lipinski definition) is 1. The summed E-state index contributed by atoms with van der Waals surface area (Å²) >= 11 is 0. The van der Waals surface area contributed by atoms with E-state index in [1.807, 2.05) is 30.3 Å². The van der Waals surface area contributed by atoms with Crippen LogP contribution in [0.25, 0.3) is 22.4 Å². The number of fused-ring (bicyclic) bond motifs is 1. The minimum atomic E-state index is -3.26. The molecule has 0 radical (unpaired) electrons. The van der Waals surface area contributed by atoms with Crippen molar-refractivity contribution in [1.29, 1.82) is 0 Å². The number of rotatable bonds is 5. The molecular formula is C21H24N4O4S. The van der Waals surface area contributed by atoms with Crippen LogP contribution in [0.4, 0.5) is 0 Å². The van der Waals surface area contributed by atoms with E-state index in [0.717, 1.165) is 24.7 Å². The lowest BCUT2D eigenvalue weighted by Gasteiger charge is -2.33. The first-order valence-electron chi connectivity index (χ1n) is 9.88. The van der Waals surface area contributed by atoms with Gasteiger partial charge in [0.05, 0.1) is 28.6 Å². The molecular weight excluding hydrogens is 404 g/mol. The highest BCUT2D eigenvalue weighted by Gasteiger charge is 2.28. The largest absolute Gasteiger partial charge is 0.338 e. The van der Waals surface area contributed by atoms with Gasteiger partial charge in [0.2, 0.25) is 10.0 Å². The van der Waals surface area contributed by atoms with Crippen LogP contribution >= 0.6 is 0 Å². The highest BCUT2D eigenvalue weighted by atomic mass is 32.2. The zero-order valence-electron chi connectivity index (χ0n) is 17.0. The van der Waals surface area contributed by atoms with Crippen molar-refractivity contribution in [2.45, 2.75) is 19.8 Å². The van der Waals surface area contributed by atoms with E-state index in [4.69, 9.17) is 4.52 Å². The molecule has 1 N–H and O–H groups in total. The Bertz CT molecular complexity index is 1170. The van der Waals surface area contributed by atoms with Crippen molar-refractivity contribution in [3.8, 4) is 11.3 Å². The Kier molecular flexibility index (Phi) is 5.57. The Morgan fingerprint density at radius 1 is 1.30 bits per heavy atom. The molecule has 0 bridgehead atoms. The molecule has 30 heavy (non-hydrogen) atoms. The van der Waals surface area contributed by atoms with Crippen molar-refractivity contribution in [1.82, 2.24) is 19.8 Å². The number of aryl methyl sites for hydroxylation is 1. The van der Waals surface area contributed by atoms with Gasteiger partial charge in [-0.3, -0.25) is 4.79 Å². The topological polar surface area (TPSA) is 105 Å². The molecule has 0 saturated carbocycles. The van der Waals surface area contributed by atoms with Crippen molar-refractivity contribution in [3.63, 3.8) is 0 Å². The number of sulfonamides is 1. The second-order valence-corrected chi connectivity index (χ2v) is 9.58. The maximum Gasteiger partial charge on any atom is 0.259 e. The van der Waals surface area contributed by atoms with E-state index in [1.165, 1.54) is 0 Å². The number of piperidine rings is 1. The maximum absolute atomic E-state index is 13.5. The molecule has 2 aromatic heterocycles. The van der Waals surface area contributed by atoms with Crippen LogP contribution in [0, 0.1) is 12.8 Å². The summed E-state index contributed by atoms with van der Waals surface area (Å²) in [5.74, 6) is -0.0399. The van der Waals surface area contributed by atoms with Gasteiger partial charge in [-0.05, 0) is 31.7 Å². The number of aromatic nitrogens is 2. The SMILES string of the molecule is Cc1noc2nc(-c3ccccc3)cc(C(=O)N3CCCC(CNS(C)(=O)=O)C3)c12. The van der Waals surface area contributed by atoms with E-state index in [0.29, 0.717) is 47.7 Å². The van der Waals surface area contributed by atoms with Gasteiger partial charge in [-0.1, -0.05) is 35.5 Å². The molecule has 1 atom stereocenters. The minimum Gasteiger partial charge on any atom is -0.338 e. The number of nitrogens with one attached hydrogen (secondary N) is 1. The number of nitrogens with zero attached hydrogens (tertiary/aromatic N) is 3.